The van der Waals surface area contributed by atoms with Gasteiger partial charge in [0, 0.05) is 18.7 Å². The zero-order chi connectivity index (χ0) is 17.5. The molecule has 3 rings (SSSR count). The highest BCUT2D eigenvalue weighted by Gasteiger charge is 2.51. The number of carbonyl (C=O) groups is 1. The predicted molar refractivity (Wildman–Crippen MR) is 93.6 cm³/mol. The van der Waals surface area contributed by atoms with Crippen LogP contribution in [0.1, 0.15) is 39.7 Å². The van der Waals surface area contributed by atoms with Crippen LogP contribution in [0.25, 0.3) is 0 Å². The molecule has 2 heterocycles. The Hall–Kier alpha value is -1.53. The van der Waals surface area contributed by atoms with Gasteiger partial charge in [0.2, 0.25) is 5.91 Å². The number of methoxy groups -OCH3 is 1. The summed E-state index contributed by atoms with van der Waals surface area (Å²) in [6.07, 6.45) is 1.44. The molecule has 0 spiro atoms. The molecule has 1 aromatic carbocycles. The standard InChI is InChI=1S/C18H26BNO4/c1-17(2)18(3,4)24-19(23-17)14-7-8-15(22-5)13(11-14)12-16(21)20-9-6-10-20/h7-8,11H,6,9-10,12H2,1-5H3. The molecule has 2 saturated heterocycles. The van der Waals surface area contributed by atoms with Crippen LogP contribution in [-0.2, 0) is 20.5 Å². The summed E-state index contributed by atoms with van der Waals surface area (Å²) >= 11 is 0. The molecule has 0 saturated carbocycles. The Morgan fingerprint density at radius 1 is 1.21 bits per heavy atom. The van der Waals surface area contributed by atoms with Crippen molar-refractivity contribution in [1.29, 1.82) is 0 Å². The number of hydrogen-bond donors (Lipinski definition) is 0. The fraction of sp³-hybridized carbons (Fsp3) is 0.611. The first-order valence-electron chi connectivity index (χ1n) is 8.54. The first kappa shape index (κ1) is 17.3. The van der Waals surface area contributed by atoms with Crippen molar-refractivity contribution in [3.05, 3.63) is 23.8 Å². The van der Waals surface area contributed by atoms with Gasteiger partial charge in [-0.3, -0.25) is 4.79 Å². The summed E-state index contributed by atoms with van der Waals surface area (Å²) < 4.78 is 17.6. The fourth-order valence-corrected chi connectivity index (χ4v) is 2.90. The highest BCUT2D eigenvalue weighted by atomic mass is 16.7. The van der Waals surface area contributed by atoms with Crippen LogP contribution in [-0.4, -0.2) is 49.3 Å². The Bertz CT molecular complexity index is 624. The van der Waals surface area contributed by atoms with E-state index in [1.807, 2.05) is 50.8 Å². The summed E-state index contributed by atoms with van der Waals surface area (Å²) in [6.45, 7) is 9.85. The van der Waals surface area contributed by atoms with Gasteiger partial charge in [0.05, 0.1) is 24.7 Å². The largest absolute Gasteiger partial charge is 0.496 e. The highest BCUT2D eigenvalue weighted by molar-refractivity contribution is 6.62. The van der Waals surface area contributed by atoms with Crippen molar-refractivity contribution in [2.45, 2.75) is 51.7 Å². The van der Waals surface area contributed by atoms with Gasteiger partial charge in [0.1, 0.15) is 5.75 Å². The molecule has 2 aliphatic rings. The van der Waals surface area contributed by atoms with Crippen LogP contribution in [0, 0.1) is 0 Å². The fourth-order valence-electron chi connectivity index (χ4n) is 2.90. The second-order valence-corrected chi connectivity index (χ2v) is 7.57. The molecule has 1 amide bonds. The summed E-state index contributed by atoms with van der Waals surface area (Å²) in [6, 6.07) is 5.80. The van der Waals surface area contributed by atoms with E-state index in [0.29, 0.717) is 6.42 Å². The summed E-state index contributed by atoms with van der Waals surface area (Å²) in [4.78, 5) is 14.2. The lowest BCUT2D eigenvalue weighted by Gasteiger charge is -2.32. The lowest BCUT2D eigenvalue weighted by molar-refractivity contribution is -0.133. The monoisotopic (exact) mass is 331 g/mol. The van der Waals surface area contributed by atoms with Gasteiger partial charge in [-0.2, -0.15) is 0 Å². The SMILES string of the molecule is COc1ccc(B2OC(C)(C)C(C)(C)O2)cc1CC(=O)N1CCC1. The predicted octanol–water partition coefficient (Wildman–Crippen LogP) is 1.77. The first-order valence-corrected chi connectivity index (χ1v) is 8.54. The van der Waals surface area contributed by atoms with Crippen LogP contribution in [0.5, 0.6) is 5.75 Å². The summed E-state index contributed by atoms with van der Waals surface area (Å²) in [5.74, 6) is 0.870. The lowest BCUT2D eigenvalue weighted by atomic mass is 9.78. The lowest BCUT2D eigenvalue weighted by Crippen LogP contribution is -2.43. The molecule has 0 N–H and O–H groups in total. The Kier molecular flexibility index (Phi) is 4.38. The van der Waals surface area contributed by atoms with E-state index >= 15 is 0 Å². The second kappa shape index (κ2) is 6.08. The molecule has 5 nitrogen and oxygen atoms in total. The van der Waals surface area contributed by atoms with Gasteiger partial charge in [0.15, 0.2) is 0 Å². The molecule has 6 heteroatoms. The zero-order valence-electron chi connectivity index (χ0n) is 15.2. The van der Waals surface area contributed by atoms with E-state index in [9.17, 15) is 4.79 Å². The minimum Gasteiger partial charge on any atom is -0.496 e. The molecular formula is C18H26BNO4. The van der Waals surface area contributed by atoms with Crippen LogP contribution < -0.4 is 10.2 Å². The molecule has 0 aromatic heterocycles. The number of nitrogens with zero attached hydrogens (tertiary/aromatic N) is 1. The van der Waals surface area contributed by atoms with E-state index < -0.39 is 7.12 Å². The Labute approximate surface area is 144 Å². The first-order chi connectivity index (χ1) is 11.2. The maximum absolute atomic E-state index is 12.3. The molecule has 24 heavy (non-hydrogen) atoms. The number of carbonyl (C=O) groups excluding carboxylic acids is 1. The maximum Gasteiger partial charge on any atom is 0.494 e. The normalized spacial score (nSPS) is 21.5. The van der Waals surface area contributed by atoms with Crippen molar-refractivity contribution < 1.29 is 18.8 Å². The average molecular weight is 331 g/mol. The van der Waals surface area contributed by atoms with Gasteiger partial charge in [-0.25, -0.2) is 0 Å². The Morgan fingerprint density at radius 2 is 1.83 bits per heavy atom. The molecule has 2 fully saturated rings. The third-order valence-corrected chi connectivity index (χ3v) is 5.38. The third kappa shape index (κ3) is 3.05. The molecule has 130 valence electrons. The highest BCUT2D eigenvalue weighted by Crippen LogP contribution is 2.36. The van der Waals surface area contributed by atoms with Crippen molar-refractivity contribution in [2.24, 2.45) is 0 Å². The van der Waals surface area contributed by atoms with Crippen molar-refractivity contribution in [3.63, 3.8) is 0 Å². The zero-order valence-corrected chi connectivity index (χ0v) is 15.2. The topological polar surface area (TPSA) is 48.0 Å². The van der Waals surface area contributed by atoms with E-state index in [4.69, 9.17) is 14.0 Å². The van der Waals surface area contributed by atoms with Gasteiger partial charge < -0.3 is 18.9 Å². The van der Waals surface area contributed by atoms with E-state index in [-0.39, 0.29) is 17.1 Å². The molecule has 0 aliphatic carbocycles. The van der Waals surface area contributed by atoms with Crippen LogP contribution in [0.3, 0.4) is 0 Å². The van der Waals surface area contributed by atoms with Crippen molar-refractivity contribution in [3.8, 4) is 5.75 Å². The van der Waals surface area contributed by atoms with Crippen LogP contribution in [0.15, 0.2) is 18.2 Å². The molecule has 0 radical (unpaired) electrons. The van der Waals surface area contributed by atoms with Crippen molar-refractivity contribution in [2.75, 3.05) is 20.2 Å². The number of amides is 1. The van der Waals surface area contributed by atoms with Crippen molar-refractivity contribution in [1.82, 2.24) is 4.90 Å². The van der Waals surface area contributed by atoms with Crippen LogP contribution >= 0.6 is 0 Å². The van der Waals surface area contributed by atoms with Crippen LogP contribution in [0.4, 0.5) is 0 Å². The molecular weight excluding hydrogens is 305 g/mol. The average Bonchev–Trinajstić information content (AvgIpc) is 2.65. The summed E-state index contributed by atoms with van der Waals surface area (Å²) in [7, 11) is 1.19. The van der Waals surface area contributed by atoms with Gasteiger partial charge >= 0.3 is 7.12 Å². The minimum absolute atomic E-state index is 0.144. The van der Waals surface area contributed by atoms with E-state index in [1.165, 1.54) is 0 Å². The molecule has 1 aromatic rings. The van der Waals surface area contributed by atoms with Gasteiger partial charge in [-0.15, -0.1) is 0 Å². The number of hydrogen-bond acceptors (Lipinski definition) is 4. The molecule has 0 atom stereocenters. The smallest absolute Gasteiger partial charge is 0.494 e. The summed E-state index contributed by atoms with van der Waals surface area (Å²) in [5.41, 5.74) is 1.03. The summed E-state index contributed by atoms with van der Waals surface area (Å²) in [5, 5.41) is 0. The molecule has 0 unspecified atom stereocenters. The minimum atomic E-state index is -0.432. The molecule has 0 bridgehead atoms. The van der Waals surface area contributed by atoms with E-state index in [2.05, 4.69) is 0 Å². The Morgan fingerprint density at radius 3 is 2.33 bits per heavy atom. The number of rotatable bonds is 4. The van der Waals surface area contributed by atoms with Crippen molar-refractivity contribution >= 4 is 18.5 Å². The Balaban J connectivity index is 1.82. The number of ether oxygens (including phenoxy) is 1. The van der Waals surface area contributed by atoms with E-state index in [0.717, 1.165) is 36.3 Å². The van der Waals surface area contributed by atoms with E-state index in [1.54, 1.807) is 7.11 Å². The second-order valence-electron chi connectivity index (χ2n) is 7.57. The van der Waals surface area contributed by atoms with Gasteiger partial charge in [-0.1, -0.05) is 12.1 Å². The molecule has 2 aliphatic heterocycles. The van der Waals surface area contributed by atoms with Gasteiger partial charge in [0.25, 0.3) is 0 Å². The number of benzene rings is 1. The third-order valence-electron chi connectivity index (χ3n) is 5.38. The number of likely N-dealkylation sites (tertiary alicyclic amines) is 1. The quantitative estimate of drug-likeness (QED) is 0.789. The van der Waals surface area contributed by atoms with Crippen LogP contribution in [0.2, 0.25) is 0 Å². The van der Waals surface area contributed by atoms with Gasteiger partial charge in [-0.05, 0) is 45.6 Å². The maximum atomic E-state index is 12.3.